The molecular weight excluding hydrogens is 296 g/mol. The Labute approximate surface area is 151 Å². The van der Waals surface area contributed by atoms with Crippen molar-refractivity contribution in [2.75, 3.05) is 0 Å². The quantitative estimate of drug-likeness (QED) is 0.597. The summed E-state index contributed by atoms with van der Waals surface area (Å²) in [5.74, 6) is 1.34. The number of phenols is 1. The van der Waals surface area contributed by atoms with Crippen LogP contribution in [0, 0.1) is 0 Å². The van der Waals surface area contributed by atoms with Crippen LogP contribution in [0.2, 0.25) is 0 Å². The Morgan fingerprint density at radius 2 is 0.917 bits per heavy atom. The van der Waals surface area contributed by atoms with Gasteiger partial charge in [-0.05, 0) is 24.3 Å². The summed E-state index contributed by atoms with van der Waals surface area (Å²) in [4.78, 5) is 0. The molecule has 0 atom stereocenters. The maximum Gasteiger partial charge on any atom is 0.169 e. The fourth-order valence-electron chi connectivity index (χ4n) is 1.16. The third-order valence-corrected chi connectivity index (χ3v) is 1.84. The Hall–Kier alpha value is -1.96. The first kappa shape index (κ1) is 30.0. The van der Waals surface area contributed by atoms with Gasteiger partial charge in [0.05, 0.1) is 0 Å². The maximum atomic E-state index is 9.45. The average molecular weight is 337 g/mol. The molecule has 0 heterocycles. The Morgan fingerprint density at radius 3 is 1.33 bits per heavy atom. The number of hydrogen-bond donors (Lipinski definition) is 1. The Bertz CT molecular complexity index is 411. The topological polar surface area (TPSA) is 29.5 Å². The van der Waals surface area contributed by atoms with Crippen molar-refractivity contribution in [1.29, 1.82) is 0 Å². The molecule has 0 radical (unpaired) electrons. The summed E-state index contributed by atoms with van der Waals surface area (Å²) < 4.78 is 5.46. The van der Waals surface area contributed by atoms with Gasteiger partial charge in [-0.2, -0.15) is 0 Å². The summed E-state index contributed by atoms with van der Waals surface area (Å²) >= 11 is 0. The van der Waals surface area contributed by atoms with Crippen molar-refractivity contribution < 1.29 is 9.84 Å². The highest BCUT2D eigenvalue weighted by Crippen LogP contribution is 2.29. The molecule has 140 valence electrons. The molecule has 0 aliphatic heterocycles. The molecule has 2 aromatic carbocycles. The van der Waals surface area contributed by atoms with E-state index < -0.39 is 0 Å². The van der Waals surface area contributed by atoms with Crippen LogP contribution in [0.4, 0.5) is 0 Å². The fourth-order valence-corrected chi connectivity index (χ4v) is 1.16. The van der Waals surface area contributed by atoms with Crippen molar-refractivity contribution in [3.8, 4) is 17.2 Å². The molecule has 2 aromatic rings. The zero-order valence-electron chi connectivity index (χ0n) is 17.6. The highest BCUT2D eigenvalue weighted by Gasteiger charge is 2.00. The predicted octanol–water partition coefficient (Wildman–Crippen LogP) is 8.32. The molecule has 0 spiro atoms. The lowest BCUT2D eigenvalue weighted by atomic mass is 10.3. The first-order valence-electron chi connectivity index (χ1n) is 9.37. The molecule has 24 heavy (non-hydrogen) atoms. The number of benzene rings is 2. The van der Waals surface area contributed by atoms with Crippen molar-refractivity contribution in [3.05, 3.63) is 54.6 Å². The van der Waals surface area contributed by atoms with Gasteiger partial charge in [-0.1, -0.05) is 99.6 Å². The lowest BCUT2D eigenvalue weighted by molar-refractivity contribution is 0.411. The highest BCUT2D eigenvalue weighted by atomic mass is 16.5. The first-order valence-corrected chi connectivity index (χ1v) is 9.37. The Balaban J connectivity index is -0.000000173. The molecule has 2 rings (SSSR count). The average Bonchev–Trinajstić information content (AvgIpc) is 2.72. The molecule has 0 aromatic heterocycles. The summed E-state index contributed by atoms with van der Waals surface area (Å²) in [5.41, 5.74) is 0. The lowest BCUT2D eigenvalue weighted by Gasteiger charge is -2.06. The van der Waals surface area contributed by atoms with Gasteiger partial charge < -0.3 is 9.84 Å². The second kappa shape index (κ2) is 29.1. The van der Waals surface area contributed by atoms with Crippen LogP contribution in [-0.2, 0) is 0 Å². The molecule has 1 N–H and O–H groups in total. The van der Waals surface area contributed by atoms with Gasteiger partial charge in [-0.25, -0.2) is 0 Å². The van der Waals surface area contributed by atoms with Crippen molar-refractivity contribution >= 4 is 0 Å². The third-order valence-electron chi connectivity index (χ3n) is 1.84. The lowest BCUT2D eigenvalue weighted by Crippen LogP contribution is -1.83. The van der Waals surface area contributed by atoms with Crippen LogP contribution in [0.15, 0.2) is 54.6 Å². The largest absolute Gasteiger partial charge is 0.504 e. The van der Waals surface area contributed by atoms with Gasteiger partial charge in [0.15, 0.2) is 11.5 Å². The summed E-state index contributed by atoms with van der Waals surface area (Å²) in [7, 11) is 0. The minimum Gasteiger partial charge on any atom is -0.504 e. The molecule has 2 nitrogen and oxygen atoms in total. The van der Waals surface area contributed by atoms with Gasteiger partial charge in [0, 0.05) is 0 Å². The molecule has 0 amide bonds. The van der Waals surface area contributed by atoms with E-state index in [9.17, 15) is 5.11 Å². The molecule has 0 fully saturated rings. The van der Waals surface area contributed by atoms with Crippen LogP contribution in [0.25, 0.3) is 0 Å². The van der Waals surface area contributed by atoms with Gasteiger partial charge in [0.1, 0.15) is 5.75 Å². The van der Waals surface area contributed by atoms with Crippen LogP contribution in [-0.4, -0.2) is 5.11 Å². The molecule has 0 bridgehead atoms. The van der Waals surface area contributed by atoms with E-state index in [1.165, 1.54) is 0 Å². The van der Waals surface area contributed by atoms with Crippen LogP contribution < -0.4 is 4.74 Å². The van der Waals surface area contributed by atoms with Crippen molar-refractivity contribution in [2.24, 2.45) is 0 Å². The number of aromatic hydroxyl groups is 1. The van der Waals surface area contributed by atoms with E-state index in [-0.39, 0.29) is 5.75 Å². The second-order valence-corrected chi connectivity index (χ2v) is 2.88. The second-order valence-electron chi connectivity index (χ2n) is 2.88. The summed E-state index contributed by atoms with van der Waals surface area (Å²) in [6.45, 7) is 20.0. The standard InChI is InChI=1S/C12H10O2.5C2H6/c13-11-8-4-5-9-12(11)14-10-6-2-1-3-7-10;5*1-2/h1-9,13H;5*1-2H3. The number of ether oxygens (including phenoxy) is 1. The summed E-state index contributed by atoms with van der Waals surface area (Å²) in [6, 6.07) is 16.3. The van der Waals surface area contributed by atoms with Gasteiger partial charge in [-0.3, -0.25) is 0 Å². The molecule has 0 aliphatic carbocycles. The van der Waals surface area contributed by atoms with E-state index in [0.29, 0.717) is 11.5 Å². The fraction of sp³-hybridized carbons (Fsp3) is 0.455. The SMILES string of the molecule is CC.CC.CC.CC.CC.Oc1ccccc1Oc1ccccc1. The Kier molecular flexibility index (Phi) is 36.4. The smallest absolute Gasteiger partial charge is 0.169 e. The van der Waals surface area contributed by atoms with Gasteiger partial charge in [-0.15, -0.1) is 0 Å². The van der Waals surface area contributed by atoms with E-state index in [1.54, 1.807) is 18.2 Å². The first-order chi connectivity index (χ1) is 11.9. The highest BCUT2D eigenvalue weighted by molar-refractivity contribution is 5.41. The van der Waals surface area contributed by atoms with Crippen molar-refractivity contribution in [1.82, 2.24) is 0 Å². The van der Waals surface area contributed by atoms with Crippen LogP contribution in [0.3, 0.4) is 0 Å². The van der Waals surface area contributed by atoms with Crippen LogP contribution >= 0.6 is 0 Å². The summed E-state index contributed by atoms with van der Waals surface area (Å²) in [6.07, 6.45) is 0. The van der Waals surface area contributed by atoms with Gasteiger partial charge in [0.25, 0.3) is 0 Å². The zero-order chi connectivity index (χ0) is 19.8. The maximum absolute atomic E-state index is 9.45. The minimum atomic E-state index is 0.149. The number of hydrogen-bond acceptors (Lipinski definition) is 2. The molecule has 0 aliphatic rings. The minimum absolute atomic E-state index is 0.149. The van der Waals surface area contributed by atoms with E-state index in [1.807, 2.05) is 106 Å². The predicted molar refractivity (Wildman–Crippen MR) is 111 cm³/mol. The molecule has 0 saturated carbocycles. The number of phenolic OH excluding ortho intramolecular Hbond substituents is 1. The summed E-state index contributed by atoms with van der Waals surface area (Å²) in [5, 5.41) is 9.45. The third kappa shape index (κ3) is 16.4. The van der Waals surface area contributed by atoms with E-state index >= 15 is 0 Å². The zero-order valence-corrected chi connectivity index (χ0v) is 17.6. The van der Waals surface area contributed by atoms with E-state index in [2.05, 4.69) is 0 Å². The van der Waals surface area contributed by atoms with Crippen LogP contribution in [0.5, 0.6) is 17.2 Å². The van der Waals surface area contributed by atoms with Crippen molar-refractivity contribution in [3.63, 3.8) is 0 Å². The number of para-hydroxylation sites is 3. The van der Waals surface area contributed by atoms with E-state index in [0.717, 1.165) is 0 Å². The molecule has 0 saturated heterocycles. The number of rotatable bonds is 2. The van der Waals surface area contributed by atoms with Gasteiger partial charge in [0.2, 0.25) is 0 Å². The Morgan fingerprint density at radius 1 is 0.542 bits per heavy atom. The molecular formula is C22H40O2. The normalized spacial score (nSPS) is 6.92. The monoisotopic (exact) mass is 336 g/mol. The van der Waals surface area contributed by atoms with E-state index in [4.69, 9.17) is 4.74 Å². The molecule has 2 heteroatoms. The molecule has 0 unspecified atom stereocenters. The van der Waals surface area contributed by atoms with Crippen LogP contribution in [0.1, 0.15) is 69.2 Å². The van der Waals surface area contributed by atoms with Crippen molar-refractivity contribution in [2.45, 2.75) is 69.2 Å². The van der Waals surface area contributed by atoms with Gasteiger partial charge >= 0.3 is 0 Å².